The van der Waals surface area contributed by atoms with Gasteiger partial charge in [0.25, 0.3) is 0 Å². The molecule has 0 aliphatic carbocycles. The van der Waals surface area contributed by atoms with E-state index < -0.39 is 97.5 Å². The van der Waals surface area contributed by atoms with Crippen molar-refractivity contribution < 1.29 is 80.2 Å². The second-order valence-corrected chi connectivity index (χ2v) is 29.5. The van der Waals surface area contributed by atoms with Crippen molar-refractivity contribution in [1.29, 1.82) is 0 Å². The minimum Gasteiger partial charge on any atom is -0.462 e. The topological polar surface area (TPSA) is 237 Å². The summed E-state index contributed by atoms with van der Waals surface area (Å²) in [5, 5.41) is 10.6. The molecule has 0 saturated carbocycles. The van der Waals surface area contributed by atoms with E-state index in [0.29, 0.717) is 25.7 Å². The highest BCUT2D eigenvalue weighted by molar-refractivity contribution is 7.47. The SMILES string of the molecule is CCCCCCCCCCCCCCCCCC(=O)OC[C@H](COP(=O)(O)OC[C@@H](O)COP(=O)(O)OC[C@@H](COC(=O)CCCCCCCCC)OC(=O)CCCCCCCCCCCCC(C)C)OC(=O)CCCCCCCCCCCCCCC(C)C. The summed E-state index contributed by atoms with van der Waals surface area (Å²) in [5.74, 6) is -0.597. The first kappa shape index (κ1) is 88.1. The molecule has 90 heavy (non-hydrogen) atoms. The maximum Gasteiger partial charge on any atom is 0.472 e. The highest BCUT2D eigenvalue weighted by Crippen LogP contribution is 2.45. The van der Waals surface area contributed by atoms with Crippen molar-refractivity contribution in [1.82, 2.24) is 0 Å². The van der Waals surface area contributed by atoms with Crippen LogP contribution in [-0.2, 0) is 65.4 Å². The summed E-state index contributed by atoms with van der Waals surface area (Å²) in [7, 11) is -9.90. The zero-order valence-corrected chi connectivity index (χ0v) is 60.2. The molecule has 2 unspecified atom stereocenters. The molecule has 0 aliphatic heterocycles. The fourth-order valence-electron chi connectivity index (χ4n) is 10.8. The quantitative estimate of drug-likeness (QED) is 0.0222. The molecular weight excluding hydrogens is 1190 g/mol. The number of aliphatic hydroxyl groups excluding tert-OH is 1. The van der Waals surface area contributed by atoms with Crippen molar-refractivity contribution in [2.24, 2.45) is 11.8 Å². The van der Waals surface area contributed by atoms with Gasteiger partial charge in [-0.3, -0.25) is 37.3 Å². The lowest BCUT2D eigenvalue weighted by Crippen LogP contribution is -2.30. The summed E-state index contributed by atoms with van der Waals surface area (Å²) < 4.78 is 68.2. The molecule has 0 bridgehead atoms. The van der Waals surface area contributed by atoms with Crippen LogP contribution in [0.3, 0.4) is 0 Å². The molecule has 0 aromatic carbocycles. The number of ether oxygens (including phenoxy) is 4. The molecule has 0 aliphatic rings. The lowest BCUT2D eigenvalue weighted by Gasteiger charge is -2.21. The summed E-state index contributed by atoms with van der Waals surface area (Å²) in [6.07, 6.45) is 48.6. The molecule has 0 radical (unpaired) electrons. The largest absolute Gasteiger partial charge is 0.472 e. The number of esters is 4. The Morgan fingerprint density at radius 1 is 0.300 bits per heavy atom. The standard InChI is InChI=1S/C71H138O17P2/c1-7-9-11-13-15-16-17-18-19-20-24-30-36-42-48-54-69(74)82-60-67(88-70(75)55-49-43-37-31-25-22-21-23-28-34-39-45-51-63(3)4)62-86-90(79,80)84-58-65(72)57-83-89(77,78)85-61-66(59-81-68(73)53-47-41-33-14-12-10-8-2)87-71(76)56-50-44-38-32-27-26-29-35-40-46-52-64(5)6/h63-67,72H,7-62H2,1-6H3,(H,77,78)(H,79,80)/t65-,66+,67+/m0/s1. The number of rotatable bonds is 70. The molecule has 0 saturated heterocycles. The van der Waals surface area contributed by atoms with Gasteiger partial charge >= 0.3 is 39.5 Å². The number of carbonyl (C=O) groups excluding carboxylic acids is 4. The molecule has 0 aromatic rings. The highest BCUT2D eigenvalue weighted by atomic mass is 31.2. The summed E-state index contributed by atoms with van der Waals surface area (Å²) in [6, 6.07) is 0. The van der Waals surface area contributed by atoms with Crippen LogP contribution in [0.1, 0.15) is 363 Å². The van der Waals surface area contributed by atoms with Crippen molar-refractivity contribution in [3.8, 4) is 0 Å². The van der Waals surface area contributed by atoms with Crippen molar-refractivity contribution in [2.45, 2.75) is 381 Å². The Kier molecular flexibility index (Phi) is 61.8. The molecule has 0 rings (SSSR count). The van der Waals surface area contributed by atoms with E-state index in [4.69, 9.17) is 37.0 Å². The second kappa shape index (κ2) is 63.1. The van der Waals surface area contributed by atoms with Crippen molar-refractivity contribution in [3.63, 3.8) is 0 Å². The third kappa shape index (κ3) is 64.8. The normalized spacial score (nSPS) is 14.1. The monoisotopic (exact) mass is 1320 g/mol. The number of aliphatic hydroxyl groups is 1. The summed E-state index contributed by atoms with van der Waals surface area (Å²) in [5.41, 5.74) is 0. The Bertz CT molecular complexity index is 1750. The number of phosphoric ester groups is 2. The number of hydrogen-bond acceptors (Lipinski definition) is 15. The predicted molar refractivity (Wildman–Crippen MR) is 363 cm³/mol. The van der Waals surface area contributed by atoms with Gasteiger partial charge in [0.2, 0.25) is 0 Å². The molecule has 0 aromatic heterocycles. The molecule has 0 spiro atoms. The molecule has 19 heteroatoms. The van der Waals surface area contributed by atoms with Gasteiger partial charge in [-0.15, -0.1) is 0 Å². The van der Waals surface area contributed by atoms with Crippen molar-refractivity contribution in [3.05, 3.63) is 0 Å². The second-order valence-electron chi connectivity index (χ2n) is 26.6. The zero-order chi connectivity index (χ0) is 66.5. The van der Waals surface area contributed by atoms with Gasteiger partial charge in [0.15, 0.2) is 12.2 Å². The number of unbranched alkanes of at least 4 members (excludes halogenated alkanes) is 40. The maximum absolute atomic E-state index is 13.0. The third-order valence-electron chi connectivity index (χ3n) is 16.5. The van der Waals surface area contributed by atoms with E-state index in [2.05, 4.69) is 41.5 Å². The van der Waals surface area contributed by atoms with E-state index >= 15 is 0 Å². The maximum atomic E-state index is 13.0. The molecular formula is C71H138O17P2. The van der Waals surface area contributed by atoms with Crippen LogP contribution in [0.5, 0.6) is 0 Å². The highest BCUT2D eigenvalue weighted by Gasteiger charge is 2.30. The minimum atomic E-state index is -4.95. The van der Waals surface area contributed by atoms with Gasteiger partial charge in [0.05, 0.1) is 26.4 Å². The molecule has 0 amide bonds. The lowest BCUT2D eigenvalue weighted by atomic mass is 10.0. The number of hydrogen-bond donors (Lipinski definition) is 3. The summed E-state index contributed by atoms with van der Waals surface area (Å²) in [4.78, 5) is 72.5. The van der Waals surface area contributed by atoms with Crippen LogP contribution >= 0.6 is 15.6 Å². The molecule has 5 atom stereocenters. The van der Waals surface area contributed by atoms with Gasteiger partial charge < -0.3 is 33.8 Å². The Morgan fingerprint density at radius 3 is 0.756 bits per heavy atom. The van der Waals surface area contributed by atoms with Crippen LogP contribution in [0.15, 0.2) is 0 Å². The first-order chi connectivity index (χ1) is 43.4. The van der Waals surface area contributed by atoms with Crippen LogP contribution in [0.2, 0.25) is 0 Å². The molecule has 0 fully saturated rings. The Hall–Kier alpha value is -1.94. The molecule has 17 nitrogen and oxygen atoms in total. The first-order valence-electron chi connectivity index (χ1n) is 37.0. The average Bonchev–Trinajstić information content (AvgIpc) is 3.22. The van der Waals surface area contributed by atoms with Gasteiger partial charge in [0, 0.05) is 25.7 Å². The van der Waals surface area contributed by atoms with E-state index in [1.54, 1.807) is 0 Å². The average molecular weight is 1330 g/mol. The van der Waals surface area contributed by atoms with E-state index in [1.807, 2.05) is 0 Å². The van der Waals surface area contributed by atoms with Crippen LogP contribution in [0, 0.1) is 11.8 Å². The Labute approximate surface area is 549 Å². The van der Waals surface area contributed by atoms with E-state index in [-0.39, 0.29) is 25.7 Å². The van der Waals surface area contributed by atoms with Crippen molar-refractivity contribution >= 4 is 39.5 Å². The van der Waals surface area contributed by atoms with Gasteiger partial charge in [-0.2, -0.15) is 0 Å². The van der Waals surface area contributed by atoms with E-state index in [0.717, 1.165) is 115 Å². The smallest absolute Gasteiger partial charge is 0.462 e. The third-order valence-corrected chi connectivity index (χ3v) is 18.4. The molecule has 0 heterocycles. The lowest BCUT2D eigenvalue weighted by molar-refractivity contribution is -0.161. The summed E-state index contributed by atoms with van der Waals surface area (Å²) in [6.45, 7) is 9.52. The number of carbonyl (C=O) groups is 4. The molecule has 534 valence electrons. The van der Waals surface area contributed by atoms with Crippen molar-refractivity contribution in [2.75, 3.05) is 39.6 Å². The first-order valence-corrected chi connectivity index (χ1v) is 40.0. The van der Waals surface area contributed by atoms with Crippen LogP contribution in [-0.4, -0.2) is 96.7 Å². The minimum absolute atomic E-state index is 0.106. The fraction of sp³-hybridized carbons (Fsp3) is 0.944. The van der Waals surface area contributed by atoms with Crippen LogP contribution in [0.25, 0.3) is 0 Å². The Morgan fingerprint density at radius 2 is 0.511 bits per heavy atom. The van der Waals surface area contributed by atoms with Gasteiger partial charge in [-0.25, -0.2) is 9.13 Å². The van der Waals surface area contributed by atoms with E-state index in [1.165, 1.54) is 167 Å². The predicted octanol–water partition coefficient (Wildman–Crippen LogP) is 20.4. The van der Waals surface area contributed by atoms with E-state index in [9.17, 15) is 43.2 Å². The van der Waals surface area contributed by atoms with Crippen LogP contribution in [0.4, 0.5) is 0 Å². The van der Waals surface area contributed by atoms with Gasteiger partial charge in [-0.1, -0.05) is 311 Å². The number of phosphoric acid groups is 2. The Balaban J connectivity index is 5.21. The van der Waals surface area contributed by atoms with Crippen LogP contribution < -0.4 is 0 Å². The zero-order valence-electron chi connectivity index (χ0n) is 58.4. The van der Waals surface area contributed by atoms with Gasteiger partial charge in [0.1, 0.15) is 19.3 Å². The molecule has 3 N–H and O–H groups in total. The van der Waals surface area contributed by atoms with Gasteiger partial charge in [-0.05, 0) is 37.5 Å². The summed E-state index contributed by atoms with van der Waals surface area (Å²) >= 11 is 0. The fourth-order valence-corrected chi connectivity index (χ4v) is 12.3.